The Hall–Kier alpha value is -2.09. The van der Waals surface area contributed by atoms with Crippen LogP contribution in [0, 0.1) is 18.4 Å². The number of nitrogens with zero attached hydrogens (tertiary/aromatic N) is 3. The molecule has 0 unspecified atom stereocenters. The quantitative estimate of drug-likeness (QED) is 0.280. The summed E-state index contributed by atoms with van der Waals surface area (Å²) in [5, 5.41) is 10.4. The van der Waals surface area contributed by atoms with E-state index in [9.17, 15) is 0 Å². The van der Waals surface area contributed by atoms with Gasteiger partial charge >= 0.3 is 0 Å². The van der Waals surface area contributed by atoms with Crippen molar-refractivity contribution in [1.29, 1.82) is 5.26 Å². The number of nitrogens with two attached hydrogens (primary N) is 1. The van der Waals surface area contributed by atoms with E-state index in [0.717, 1.165) is 5.69 Å². The van der Waals surface area contributed by atoms with Crippen molar-refractivity contribution in [2.24, 2.45) is 10.7 Å². The van der Waals surface area contributed by atoms with Crippen LogP contribution in [0.5, 0.6) is 0 Å². The number of aryl methyl sites for hydroxylation is 1. The van der Waals surface area contributed by atoms with Gasteiger partial charge in [0.15, 0.2) is 6.19 Å². The van der Waals surface area contributed by atoms with E-state index in [0.29, 0.717) is 5.69 Å². The molecule has 0 saturated heterocycles. The second kappa shape index (κ2) is 4.07. The average molecular weight is 175 g/mol. The van der Waals surface area contributed by atoms with Crippen molar-refractivity contribution in [3.8, 4) is 6.19 Å². The smallest absolute Gasteiger partial charge is 0.207 e. The van der Waals surface area contributed by atoms with Crippen LogP contribution in [0.4, 0.5) is 5.69 Å². The largest absolute Gasteiger partial charge is 0.369 e. The number of guanidine groups is 1. The summed E-state index contributed by atoms with van der Waals surface area (Å²) in [6.45, 7) is 1.88. The summed E-state index contributed by atoms with van der Waals surface area (Å²) < 4.78 is 0. The van der Waals surface area contributed by atoms with Gasteiger partial charge < -0.3 is 5.73 Å². The number of nitrogens with one attached hydrogen (secondary N) is 1. The van der Waals surface area contributed by atoms with Crippen LogP contribution in [0.15, 0.2) is 23.3 Å². The van der Waals surface area contributed by atoms with E-state index in [4.69, 9.17) is 11.0 Å². The summed E-state index contributed by atoms with van der Waals surface area (Å²) in [6, 6.07) is 3.59. The fourth-order valence-corrected chi connectivity index (χ4v) is 0.750. The minimum absolute atomic E-state index is 0.0631. The zero-order valence-corrected chi connectivity index (χ0v) is 7.15. The minimum atomic E-state index is 0.0631. The van der Waals surface area contributed by atoms with Crippen LogP contribution < -0.4 is 11.1 Å². The Morgan fingerprint density at radius 2 is 2.46 bits per heavy atom. The highest BCUT2D eigenvalue weighted by Crippen LogP contribution is 2.08. The van der Waals surface area contributed by atoms with Gasteiger partial charge in [-0.25, -0.2) is 4.99 Å². The summed E-state index contributed by atoms with van der Waals surface area (Å²) in [5.74, 6) is 0.0631. The average Bonchev–Trinajstić information content (AvgIpc) is 2.09. The lowest BCUT2D eigenvalue weighted by atomic mass is 10.3. The molecule has 5 nitrogen and oxygen atoms in total. The maximum Gasteiger partial charge on any atom is 0.207 e. The van der Waals surface area contributed by atoms with Crippen molar-refractivity contribution >= 4 is 11.6 Å². The van der Waals surface area contributed by atoms with Crippen LogP contribution in [0.25, 0.3) is 0 Å². The monoisotopic (exact) mass is 175 g/mol. The van der Waals surface area contributed by atoms with E-state index in [1.807, 2.05) is 13.0 Å². The molecule has 5 heteroatoms. The van der Waals surface area contributed by atoms with E-state index >= 15 is 0 Å². The van der Waals surface area contributed by atoms with Crippen molar-refractivity contribution in [1.82, 2.24) is 10.3 Å². The summed E-state index contributed by atoms with van der Waals surface area (Å²) in [4.78, 5) is 7.91. The Morgan fingerprint density at radius 1 is 1.69 bits per heavy atom. The summed E-state index contributed by atoms with van der Waals surface area (Å²) >= 11 is 0. The van der Waals surface area contributed by atoms with Gasteiger partial charge in [-0.1, -0.05) is 0 Å². The number of hydrogen-bond donors (Lipinski definition) is 2. The first-order valence-corrected chi connectivity index (χ1v) is 3.64. The van der Waals surface area contributed by atoms with E-state index in [1.54, 1.807) is 18.5 Å². The Labute approximate surface area is 75.9 Å². The Bertz CT molecular complexity index is 346. The molecule has 0 aromatic carbocycles. The number of aliphatic imine (C=N–C) groups is 1. The first kappa shape index (κ1) is 9.00. The van der Waals surface area contributed by atoms with Crippen molar-refractivity contribution in [3.05, 3.63) is 24.0 Å². The summed E-state index contributed by atoms with van der Waals surface area (Å²) in [7, 11) is 0. The topological polar surface area (TPSA) is 87.1 Å². The van der Waals surface area contributed by atoms with Gasteiger partial charge in [-0.15, -0.1) is 0 Å². The maximum atomic E-state index is 8.22. The molecule has 1 rings (SSSR count). The van der Waals surface area contributed by atoms with Crippen LogP contribution in [-0.2, 0) is 0 Å². The molecule has 66 valence electrons. The van der Waals surface area contributed by atoms with Gasteiger partial charge in [-0.05, 0) is 19.1 Å². The van der Waals surface area contributed by atoms with Gasteiger partial charge in [0.2, 0.25) is 5.96 Å². The predicted molar refractivity (Wildman–Crippen MR) is 49.0 cm³/mol. The molecule has 1 heterocycles. The van der Waals surface area contributed by atoms with E-state index in [1.165, 1.54) is 0 Å². The van der Waals surface area contributed by atoms with Crippen LogP contribution in [-0.4, -0.2) is 10.9 Å². The lowest BCUT2D eigenvalue weighted by Crippen LogP contribution is -2.26. The van der Waals surface area contributed by atoms with E-state index in [2.05, 4.69) is 15.3 Å². The number of hydrogen-bond acceptors (Lipinski definition) is 3. The van der Waals surface area contributed by atoms with Gasteiger partial charge in [0, 0.05) is 5.69 Å². The molecule has 13 heavy (non-hydrogen) atoms. The van der Waals surface area contributed by atoms with Crippen LogP contribution in [0.3, 0.4) is 0 Å². The molecule has 0 aliphatic carbocycles. The number of pyridine rings is 1. The molecule has 0 aliphatic heterocycles. The SMILES string of the molecule is Cc1ccc(N=C(N)NC#N)cn1. The van der Waals surface area contributed by atoms with E-state index < -0.39 is 0 Å². The summed E-state index contributed by atoms with van der Waals surface area (Å²) in [5.41, 5.74) is 6.87. The fraction of sp³-hybridized carbons (Fsp3) is 0.125. The van der Waals surface area contributed by atoms with E-state index in [-0.39, 0.29) is 5.96 Å². The number of aromatic nitrogens is 1. The van der Waals surface area contributed by atoms with Gasteiger partial charge in [0.1, 0.15) is 0 Å². The molecule has 0 saturated carbocycles. The van der Waals surface area contributed by atoms with Crippen LogP contribution >= 0.6 is 0 Å². The minimum Gasteiger partial charge on any atom is -0.369 e. The second-order valence-corrected chi connectivity index (χ2v) is 2.39. The molecule has 0 bridgehead atoms. The molecule has 0 radical (unpaired) electrons. The molecular formula is C8H9N5. The molecule has 1 aromatic rings. The molecule has 0 fully saturated rings. The molecule has 0 atom stereocenters. The molecule has 0 amide bonds. The zero-order chi connectivity index (χ0) is 9.68. The Kier molecular flexibility index (Phi) is 2.82. The first-order chi connectivity index (χ1) is 6.22. The fourth-order valence-electron chi connectivity index (χ4n) is 0.750. The number of rotatable bonds is 1. The lowest BCUT2D eigenvalue weighted by molar-refractivity contribution is 1.17. The molecule has 0 spiro atoms. The first-order valence-electron chi connectivity index (χ1n) is 3.64. The Morgan fingerprint density at radius 3 is 3.00 bits per heavy atom. The predicted octanol–water partition coefficient (Wildman–Crippen LogP) is 0.407. The Balaban J connectivity index is 2.80. The third kappa shape index (κ3) is 2.79. The van der Waals surface area contributed by atoms with Gasteiger partial charge in [-0.3, -0.25) is 10.3 Å². The maximum absolute atomic E-state index is 8.22. The normalized spacial score (nSPS) is 10.6. The highest BCUT2D eigenvalue weighted by Gasteiger charge is 1.91. The standard InChI is InChI=1S/C8H9N5/c1-6-2-3-7(4-11-6)13-8(10)12-5-9/h2-4H,1H3,(H3,10,12,13). The summed E-state index contributed by atoms with van der Waals surface area (Å²) in [6.07, 6.45) is 3.26. The van der Waals surface area contributed by atoms with Crippen molar-refractivity contribution < 1.29 is 0 Å². The lowest BCUT2D eigenvalue weighted by Gasteiger charge is -1.96. The molecule has 1 aromatic heterocycles. The second-order valence-electron chi connectivity index (χ2n) is 2.39. The molecule has 0 aliphatic rings. The molecular weight excluding hydrogens is 166 g/mol. The van der Waals surface area contributed by atoms with Crippen LogP contribution in [0.2, 0.25) is 0 Å². The van der Waals surface area contributed by atoms with Gasteiger partial charge in [0.25, 0.3) is 0 Å². The zero-order valence-electron chi connectivity index (χ0n) is 7.15. The highest BCUT2D eigenvalue weighted by molar-refractivity contribution is 5.81. The van der Waals surface area contributed by atoms with Gasteiger partial charge in [-0.2, -0.15) is 5.26 Å². The van der Waals surface area contributed by atoms with Crippen molar-refractivity contribution in [2.75, 3.05) is 0 Å². The molecule has 3 N–H and O–H groups in total. The van der Waals surface area contributed by atoms with Crippen molar-refractivity contribution in [2.45, 2.75) is 6.92 Å². The number of nitriles is 1. The van der Waals surface area contributed by atoms with Gasteiger partial charge in [0.05, 0.1) is 11.9 Å². The highest BCUT2D eigenvalue weighted by atomic mass is 15.1. The third-order valence-corrected chi connectivity index (χ3v) is 1.33. The van der Waals surface area contributed by atoms with Crippen molar-refractivity contribution in [3.63, 3.8) is 0 Å². The van der Waals surface area contributed by atoms with Crippen LogP contribution in [0.1, 0.15) is 5.69 Å². The third-order valence-electron chi connectivity index (χ3n) is 1.33.